The molecule has 0 saturated carbocycles. The molecule has 7 aromatic carbocycles. The second-order valence-corrected chi connectivity index (χ2v) is 12.4. The van der Waals surface area contributed by atoms with Gasteiger partial charge in [-0.15, -0.1) is 0 Å². The lowest BCUT2D eigenvalue weighted by atomic mass is 9.79. The molecule has 6 heteroatoms. The number of allylic oxidation sites excluding steroid dienone is 1. The van der Waals surface area contributed by atoms with Crippen LogP contribution < -0.4 is 5.46 Å². The highest BCUT2D eigenvalue weighted by Crippen LogP contribution is 2.48. The van der Waals surface area contributed by atoms with Gasteiger partial charge in [0.15, 0.2) is 11.5 Å². The smallest absolute Gasteiger partial charge is 0.204 e. The van der Waals surface area contributed by atoms with Crippen LogP contribution in [0.2, 0.25) is 0 Å². The Kier molecular flexibility index (Phi) is 6.12. The van der Waals surface area contributed by atoms with Crippen molar-refractivity contribution in [2.45, 2.75) is 12.8 Å². The lowest BCUT2D eigenvalue weighted by Gasteiger charge is -2.24. The van der Waals surface area contributed by atoms with Crippen molar-refractivity contribution < 1.29 is 24.8 Å². The Bertz CT molecular complexity index is 2640. The molecule has 2 radical (unpaired) electrons. The summed E-state index contributed by atoms with van der Waals surface area (Å²) in [5.41, 5.74) is 8.83. The number of hydrogen-bond donors (Lipinski definition) is 4. The Labute approximate surface area is 276 Å². The molecule has 0 spiro atoms. The number of phenols is 4. The molecular weight excluding hydrogens is 595 g/mol. The van der Waals surface area contributed by atoms with E-state index in [1.807, 2.05) is 18.2 Å². The number of rotatable bonds is 3. The van der Waals surface area contributed by atoms with Gasteiger partial charge in [0.1, 0.15) is 19.0 Å². The number of phenolic OH excluding ortho intramolecular Hbond substituents is 4. The summed E-state index contributed by atoms with van der Waals surface area (Å²) in [6.07, 6.45) is 6.25. The van der Waals surface area contributed by atoms with Crippen molar-refractivity contribution in [3.63, 3.8) is 0 Å². The van der Waals surface area contributed by atoms with Crippen LogP contribution in [-0.4, -0.2) is 28.3 Å². The van der Waals surface area contributed by atoms with E-state index in [1.54, 1.807) is 12.1 Å². The fourth-order valence-electron chi connectivity index (χ4n) is 7.46. The summed E-state index contributed by atoms with van der Waals surface area (Å²) in [6, 6.07) is 35.2. The third kappa shape index (κ3) is 4.05. The molecule has 48 heavy (non-hydrogen) atoms. The first-order chi connectivity index (χ1) is 23.4. The Hall–Kier alpha value is -6.14. The van der Waals surface area contributed by atoms with Gasteiger partial charge in [0.2, 0.25) is 11.5 Å². The molecule has 0 fully saturated rings. The monoisotopic (exact) mass is 622 g/mol. The van der Waals surface area contributed by atoms with Gasteiger partial charge in [-0.3, -0.25) is 0 Å². The largest absolute Gasteiger partial charge is 0.505 e. The van der Waals surface area contributed by atoms with Gasteiger partial charge >= 0.3 is 0 Å². The molecule has 0 saturated heterocycles. The minimum Gasteiger partial charge on any atom is -0.505 e. The standard InChI is InChI=1S/C42H27BO5/c43-38-37(39(44)41(46)42(47)40(38)45)23-15-13-22(14-16-23)35-28-9-3-5-11-30(28)36(31-12-6-4-10-29(31)35)26-17-18-27-32-19-24-7-1-2-8-25(24)20-34(32)48-33(27)21-26/h1-5,7-11,13-21,44-47H,6,12H2. The summed E-state index contributed by atoms with van der Waals surface area (Å²) < 4.78 is 6.47. The maximum Gasteiger partial charge on any atom is 0.204 e. The van der Waals surface area contributed by atoms with E-state index in [0.29, 0.717) is 5.56 Å². The number of fused-ring (bicyclic) bond motifs is 6. The molecular formula is C42H27BO5. The molecule has 0 amide bonds. The number of furan rings is 1. The van der Waals surface area contributed by atoms with Crippen molar-refractivity contribution >= 4 is 62.9 Å². The zero-order valence-corrected chi connectivity index (χ0v) is 25.7. The minimum atomic E-state index is -0.858. The zero-order valence-electron chi connectivity index (χ0n) is 25.7. The lowest BCUT2D eigenvalue weighted by molar-refractivity contribution is 0.348. The van der Waals surface area contributed by atoms with Crippen LogP contribution in [0.5, 0.6) is 23.0 Å². The Balaban J connectivity index is 1.23. The van der Waals surface area contributed by atoms with Gasteiger partial charge < -0.3 is 24.8 Å². The summed E-state index contributed by atoms with van der Waals surface area (Å²) in [6.45, 7) is 0. The highest BCUT2D eigenvalue weighted by Gasteiger charge is 2.24. The van der Waals surface area contributed by atoms with E-state index in [1.165, 1.54) is 16.5 Å². The van der Waals surface area contributed by atoms with Crippen LogP contribution in [0.4, 0.5) is 0 Å². The molecule has 1 aliphatic rings. The van der Waals surface area contributed by atoms with Crippen LogP contribution >= 0.6 is 0 Å². The average Bonchev–Trinajstić information content (AvgIpc) is 3.48. The maximum atomic E-state index is 10.6. The highest BCUT2D eigenvalue weighted by atomic mass is 16.3. The normalized spacial score (nSPS) is 12.8. The predicted octanol–water partition coefficient (Wildman–Crippen LogP) is 9.47. The molecule has 1 heterocycles. The third-order valence-corrected chi connectivity index (χ3v) is 9.73. The van der Waals surface area contributed by atoms with Crippen LogP contribution in [0, 0.1) is 0 Å². The molecule has 0 aliphatic heterocycles. The van der Waals surface area contributed by atoms with Crippen molar-refractivity contribution in [3.8, 4) is 56.4 Å². The Morgan fingerprint density at radius 2 is 1.12 bits per heavy atom. The van der Waals surface area contributed by atoms with Crippen LogP contribution in [0.1, 0.15) is 17.5 Å². The van der Waals surface area contributed by atoms with Crippen molar-refractivity contribution in [2.24, 2.45) is 0 Å². The average molecular weight is 622 g/mol. The highest BCUT2D eigenvalue weighted by molar-refractivity contribution is 6.39. The summed E-state index contributed by atoms with van der Waals surface area (Å²) in [5.74, 6) is -2.96. The van der Waals surface area contributed by atoms with Gasteiger partial charge in [-0.05, 0) is 103 Å². The van der Waals surface area contributed by atoms with Crippen molar-refractivity contribution in [1.82, 2.24) is 0 Å². The van der Waals surface area contributed by atoms with Gasteiger partial charge in [-0.2, -0.15) is 0 Å². The predicted molar refractivity (Wildman–Crippen MR) is 194 cm³/mol. The fourth-order valence-corrected chi connectivity index (χ4v) is 7.46. The van der Waals surface area contributed by atoms with E-state index < -0.39 is 23.0 Å². The fraction of sp³-hybridized carbons (Fsp3) is 0.0476. The lowest BCUT2D eigenvalue weighted by Crippen LogP contribution is -2.08. The van der Waals surface area contributed by atoms with Gasteiger partial charge in [0.25, 0.3) is 0 Å². The van der Waals surface area contributed by atoms with Crippen LogP contribution in [0.3, 0.4) is 0 Å². The molecule has 1 aromatic heterocycles. The Morgan fingerprint density at radius 3 is 1.88 bits per heavy atom. The molecule has 228 valence electrons. The number of aromatic hydroxyl groups is 4. The zero-order chi connectivity index (χ0) is 32.7. The van der Waals surface area contributed by atoms with E-state index in [4.69, 9.17) is 12.3 Å². The van der Waals surface area contributed by atoms with E-state index in [2.05, 4.69) is 84.9 Å². The summed E-state index contributed by atoms with van der Waals surface area (Å²) in [5, 5.41) is 47.7. The van der Waals surface area contributed by atoms with Crippen molar-refractivity contribution in [3.05, 3.63) is 120 Å². The summed E-state index contributed by atoms with van der Waals surface area (Å²) in [4.78, 5) is 0. The second kappa shape index (κ2) is 10.4. The first-order valence-electron chi connectivity index (χ1n) is 15.8. The minimum absolute atomic E-state index is 0.0468. The first-order valence-corrected chi connectivity index (χ1v) is 15.8. The molecule has 9 rings (SSSR count). The van der Waals surface area contributed by atoms with Crippen LogP contribution in [0.25, 0.3) is 82.9 Å². The quantitative estimate of drug-likeness (QED) is 0.0895. The molecule has 8 aromatic rings. The first kappa shape index (κ1) is 28.1. The van der Waals surface area contributed by atoms with E-state index in [9.17, 15) is 20.4 Å². The molecule has 0 unspecified atom stereocenters. The van der Waals surface area contributed by atoms with Crippen LogP contribution in [-0.2, 0) is 6.42 Å². The molecule has 0 atom stereocenters. The van der Waals surface area contributed by atoms with Gasteiger partial charge in [-0.1, -0.05) is 91.0 Å². The topological polar surface area (TPSA) is 94.1 Å². The number of hydrogen-bond acceptors (Lipinski definition) is 5. The maximum absolute atomic E-state index is 10.6. The van der Waals surface area contributed by atoms with E-state index in [0.717, 1.165) is 73.2 Å². The SMILES string of the molecule is [B]c1c(O)c(O)c(O)c(O)c1-c1ccc(-c2c3c(c(-c4ccc5c(c4)oc4cc6ccccc6cc45)c4ccccc24)CCC=C3)cc1. The van der Waals surface area contributed by atoms with Crippen molar-refractivity contribution in [2.75, 3.05) is 0 Å². The summed E-state index contributed by atoms with van der Waals surface area (Å²) >= 11 is 0. The Morgan fingerprint density at radius 1 is 0.521 bits per heavy atom. The van der Waals surface area contributed by atoms with Crippen molar-refractivity contribution in [1.29, 1.82) is 0 Å². The molecule has 4 N–H and O–H groups in total. The molecule has 1 aliphatic carbocycles. The summed E-state index contributed by atoms with van der Waals surface area (Å²) in [7, 11) is 6.05. The second-order valence-electron chi connectivity index (χ2n) is 12.4. The van der Waals surface area contributed by atoms with E-state index >= 15 is 0 Å². The van der Waals surface area contributed by atoms with Gasteiger partial charge in [-0.25, -0.2) is 0 Å². The van der Waals surface area contributed by atoms with E-state index in [-0.39, 0.29) is 11.0 Å². The third-order valence-electron chi connectivity index (χ3n) is 9.73. The van der Waals surface area contributed by atoms with Crippen LogP contribution in [0.15, 0.2) is 114 Å². The number of benzene rings is 7. The molecule has 0 bridgehead atoms. The van der Waals surface area contributed by atoms with Gasteiger partial charge in [0, 0.05) is 16.3 Å². The molecule has 5 nitrogen and oxygen atoms in total. The van der Waals surface area contributed by atoms with Gasteiger partial charge in [0.05, 0.1) is 0 Å².